The second-order valence-corrected chi connectivity index (χ2v) is 9.13. The van der Waals surface area contributed by atoms with Crippen molar-refractivity contribution in [3.63, 3.8) is 0 Å². The maximum atomic E-state index is 14.2. The van der Waals surface area contributed by atoms with Gasteiger partial charge in [-0.3, -0.25) is 5.43 Å². The van der Waals surface area contributed by atoms with Gasteiger partial charge in [0.1, 0.15) is 0 Å². The molecule has 1 aromatic carbocycles. The largest absolute Gasteiger partial charge is 0.490 e. The fraction of sp³-hybridized carbons (Fsp3) is 0.625. The number of urea groups is 1. The summed E-state index contributed by atoms with van der Waals surface area (Å²) in [5.74, 6) is 0.939. The minimum absolute atomic E-state index is 0.0284. The number of hydrogen-bond donors (Lipinski definition) is 3. The van der Waals surface area contributed by atoms with E-state index in [0.717, 1.165) is 56.6 Å². The molecule has 0 aromatic heterocycles. The maximum Gasteiger partial charge on any atom is 0.321 e. The van der Waals surface area contributed by atoms with Crippen molar-refractivity contribution in [2.24, 2.45) is 11.8 Å². The molecule has 3 fully saturated rings. The van der Waals surface area contributed by atoms with Crippen LogP contribution in [0, 0.1) is 17.7 Å². The molecule has 1 aromatic rings. The van der Waals surface area contributed by atoms with E-state index >= 15 is 0 Å². The zero-order valence-electron chi connectivity index (χ0n) is 18.7. The molecular formula is C24H35FN4O3. The number of carbonyl (C=O) groups is 1. The number of ether oxygens (including phenoxy) is 2. The zero-order chi connectivity index (χ0) is 22.3. The van der Waals surface area contributed by atoms with Crippen LogP contribution in [0.3, 0.4) is 0 Å². The molecule has 1 aliphatic carbocycles. The van der Waals surface area contributed by atoms with E-state index in [2.05, 4.69) is 22.7 Å². The van der Waals surface area contributed by atoms with E-state index in [-0.39, 0.29) is 17.9 Å². The van der Waals surface area contributed by atoms with Crippen LogP contribution in [0.2, 0.25) is 0 Å². The number of rotatable bonds is 13. The molecule has 8 heteroatoms. The summed E-state index contributed by atoms with van der Waals surface area (Å²) in [6, 6.07) is 5.17. The van der Waals surface area contributed by atoms with Crippen LogP contribution in [0.25, 0.3) is 0 Å². The van der Waals surface area contributed by atoms with Gasteiger partial charge in [0, 0.05) is 31.3 Å². The number of hydrogen-bond acceptors (Lipinski definition) is 5. The maximum absolute atomic E-state index is 14.2. The van der Waals surface area contributed by atoms with Crippen molar-refractivity contribution in [3.8, 4) is 5.75 Å². The molecule has 2 heterocycles. The van der Waals surface area contributed by atoms with Crippen molar-refractivity contribution in [3.05, 3.63) is 41.9 Å². The Balaban J connectivity index is 1.23. The highest BCUT2D eigenvalue weighted by molar-refractivity contribution is 5.79. The lowest BCUT2D eigenvalue weighted by molar-refractivity contribution is 0.173. The highest BCUT2D eigenvalue weighted by Gasteiger charge is 2.28. The SMILES string of the molecule is C=C1CN(CCCCCNNC(c2ccc(F)c(OCC3CC3)c2)C2CCOC2)C(=O)N1. The lowest BCUT2D eigenvalue weighted by atomic mass is 9.92. The van der Waals surface area contributed by atoms with Crippen LogP contribution < -0.4 is 20.9 Å². The number of amides is 2. The number of hydrazine groups is 1. The summed E-state index contributed by atoms with van der Waals surface area (Å²) in [7, 11) is 0. The van der Waals surface area contributed by atoms with Crippen LogP contribution in [0.5, 0.6) is 5.75 Å². The molecule has 2 aliphatic heterocycles. The Kier molecular flexibility index (Phi) is 8.00. The van der Waals surface area contributed by atoms with Gasteiger partial charge in [-0.25, -0.2) is 14.6 Å². The van der Waals surface area contributed by atoms with E-state index in [4.69, 9.17) is 9.47 Å². The van der Waals surface area contributed by atoms with Crippen molar-refractivity contribution in [2.75, 3.05) is 39.5 Å². The summed E-state index contributed by atoms with van der Waals surface area (Å²) >= 11 is 0. The van der Waals surface area contributed by atoms with Gasteiger partial charge in [0.25, 0.3) is 0 Å². The van der Waals surface area contributed by atoms with Gasteiger partial charge in [0.05, 0.1) is 25.8 Å². The molecular weight excluding hydrogens is 411 g/mol. The van der Waals surface area contributed by atoms with Gasteiger partial charge in [-0.2, -0.15) is 0 Å². The Hall–Kier alpha value is -2.16. The van der Waals surface area contributed by atoms with E-state index in [9.17, 15) is 9.18 Å². The zero-order valence-corrected chi connectivity index (χ0v) is 18.7. The average molecular weight is 447 g/mol. The Bertz CT molecular complexity index is 795. The molecule has 3 aliphatic rings. The summed E-state index contributed by atoms with van der Waals surface area (Å²) in [5.41, 5.74) is 8.59. The Morgan fingerprint density at radius 2 is 2.16 bits per heavy atom. The van der Waals surface area contributed by atoms with Crippen LogP contribution in [0.15, 0.2) is 30.5 Å². The molecule has 0 bridgehead atoms. The molecule has 2 amide bonds. The molecule has 7 nitrogen and oxygen atoms in total. The molecule has 4 rings (SSSR count). The van der Waals surface area contributed by atoms with Crippen LogP contribution >= 0.6 is 0 Å². The molecule has 3 N–H and O–H groups in total. The van der Waals surface area contributed by atoms with Gasteiger partial charge >= 0.3 is 6.03 Å². The summed E-state index contributed by atoms with van der Waals surface area (Å²) < 4.78 is 25.6. The average Bonchev–Trinajstić information content (AvgIpc) is 3.34. The van der Waals surface area contributed by atoms with Gasteiger partial charge in [0.2, 0.25) is 0 Å². The highest BCUT2D eigenvalue weighted by Crippen LogP contribution is 2.33. The first-order valence-electron chi connectivity index (χ1n) is 11.8. The van der Waals surface area contributed by atoms with Gasteiger partial charge in [-0.15, -0.1) is 0 Å². The predicted octanol–water partition coefficient (Wildman–Crippen LogP) is 3.50. The minimum atomic E-state index is -0.306. The smallest absolute Gasteiger partial charge is 0.321 e. The number of unbranched alkanes of at least 4 members (excludes halogenated alkanes) is 2. The summed E-state index contributed by atoms with van der Waals surface area (Å²) in [5, 5.41) is 2.73. The summed E-state index contributed by atoms with van der Waals surface area (Å²) in [6.07, 6.45) is 6.30. The Labute approximate surface area is 189 Å². The molecule has 176 valence electrons. The normalized spacial score (nSPS) is 21.8. The van der Waals surface area contributed by atoms with Crippen molar-refractivity contribution in [2.45, 2.75) is 44.6 Å². The second kappa shape index (κ2) is 11.1. The lowest BCUT2D eigenvalue weighted by Crippen LogP contribution is -2.40. The number of halogens is 1. The fourth-order valence-electron chi connectivity index (χ4n) is 4.23. The first-order chi connectivity index (χ1) is 15.6. The van der Waals surface area contributed by atoms with E-state index in [1.54, 1.807) is 4.90 Å². The third-order valence-electron chi connectivity index (χ3n) is 6.36. The molecule has 2 saturated heterocycles. The van der Waals surface area contributed by atoms with Crippen LogP contribution in [0.4, 0.5) is 9.18 Å². The monoisotopic (exact) mass is 446 g/mol. The van der Waals surface area contributed by atoms with Crippen molar-refractivity contribution >= 4 is 6.03 Å². The third-order valence-corrected chi connectivity index (χ3v) is 6.36. The Morgan fingerprint density at radius 1 is 1.28 bits per heavy atom. The van der Waals surface area contributed by atoms with Gasteiger partial charge in [-0.1, -0.05) is 19.1 Å². The standard InChI is InChI=1S/C24H35FN4O3/c1-17-14-29(24(30)27-17)11-4-2-3-10-26-28-23(20-9-12-31-16-20)19-7-8-21(25)22(13-19)32-15-18-5-6-18/h7-8,13,18,20,23,26,28H,1-6,9-12,14-16H2,(H,27,30). The third kappa shape index (κ3) is 6.43. The molecule has 0 radical (unpaired) electrons. The Morgan fingerprint density at radius 3 is 2.88 bits per heavy atom. The van der Waals surface area contributed by atoms with Crippen molar-refractivity contribution < 1.29 is 18.7 Å². The quantitative estimate of drug-likeness (QED) is 0.320. The topological polar surface area (TPSA) is 74.9 Å². The van der Waals surface area contributed by atoms with Crippen LogP contribution in [0.1, 0.15) is 50.1 Å². The molecule has 32 heavy (non-hydrogen) atoms. The van der Waals surface area contributed by atoms with Crippen molar-refractivity contribution in [1.29, 1.82) is 0 Å². The van der Waals surface area contributed by atoms with Gasteiger partial charge in [0.15, 0.2) is 11.6 Å². The van der Waals surface area contributed by atoms with Crippen LogP contribution in [-0.4, -0.2) is 50.4 Å². The van der Waals surface area contributed by atoms with Crippen molar-refractivity contribution in [1.82, 2.24) is 21.1 Å². The first kappa shape index (κ1) is 23.0. The van der Waals surface area contributed by atoms with Gasteiger partial charge < -0.3 is 19.7 Å². The minimum Gasteiger partial charge on any atom is -0.490 e. The summed E-state index contributed by atoms with van der Waals surface area (Å²) in [6.45, 7) is 8.01. The van der Waals surface area contributed by atoms with E-state index in [1.807, 2.05) is 12.1 Å². The molecule has 2 atom stereocenters. The summed E-state index contributed by atoms with van der Waals surface area (Å²) in [4.78, 5) is 13.5. The first-order valence-corrected chi connectivity index (χ1v) is 11.8. The molecule has 1 saturated carbocycles. The van der Waals surface area contributed by atoms with E-state index in [1.165, 1.54) is 18.9 Å². The molecule has 0 spiro atoms. The second-order valence-electron chi connectivity index (χ2n) is 9.13. The van der Waals surface area contributed by atoms with Gasteiger partial charge in [-0.05, 0) is 55.7 Å². The number of benzene rings is 1. The predicted molar refractivity (Wildman–Crippen MR) is 121 cm³/mol. The lowest BCUT2D eigenvalue weighted by Gasteiger charge is -2.25. The van der Waals surface area contributed by atoms with E-state index < -0.39 is 0 Å². The van der Waals surface area contributed by atoms with Crippen LogP contribution in [-0.2, 0) is 4.74 Å². The number of nitrogens with one attached hydrogen (secondary N) is 3. The van der Waals surface area contributed by atoms with E-state index in [0.29, 0.717) is 37.3 Å². The number of carbonyl (C=O) groups excluding carboxylic acids is 1. The highest BCUT2D eigenvalue weighted by atomic mass is 19.1. The number of nitrogens with zero attached hydrogens (tertiary/aromatic N) is 1. The fourth-order valence-corrected chi connectivity index (χ4v) is 4.23. The molecule has 2 unspecified atom stereocenters.